The minimum absolute atomic E-state index is 0.0888. The molecule has 0 aromatic rings. The highest BCUT2D eigenvalue weighted by Crippen LogP contribution is 2.16. The third-order valence-electron chi connectivity index (χ3n) is 11.7. The van der Waals surface area contributed by atoms with Crippen molar-refractivity contribution in [1.82, 2.24) is 0 Å². The Labute approximate surface area is 402 Å². The molecule has 0 N–H and O–H groups in total. The van der Waals surface area contributed by atoms with Crippen molar-refractivity contribution in [3.05, 3.63) is 72.9 Å². The highest BCUT2D eigenvalue weighted by Gasteiger charge is 2.19. The summed E-state index contributed by atoms with van der Waals surface area (Å²) in [6, 6.07) is 0. The van der Waals surface area contributed by atoms with Crippen molar-refractivity contribution >= 4 is 17.9 Å². The number of hydrogen-bond acceptors (Lipinski definition) is 6. The third-order valence-corrected chi connectivity index (χ3v) is 11.7. The third kappa shape index (κ3) is 51.7. The van der Waals surface area contributed by atoms with Gasteiger partial charge in [-0.1, -0.05) is 235 Å². The fourth-order valence-electron chi connectivity index (χ4n) is 7.57. The number of esters is 3. The van der Waals surface area contributed by atoms with Gasteiger partial charge in [-0.15, -0.1) is 0 Å². The Hall–Kier alpha value is -3.15. The number of allylic oxidation sites excluding steroid dienone is 12. The van der Waals surface area contributed by atoms with Gasteiger partial charge in [0, 0.05) is 19.3 Å². The Balaban J connectivity index is 4.40. The van der Waals surface area contributed by atoms with Gasteiger partial charge in [0.1, 0.15) is 13.2 Å². The van der Waals surface area contributed by atoms with Crippen LogP contribution in [0.3, 0.4) is 0 Å². The molecule has 6 nitrogen and oxygen atoms in total. The molecule has 0 aliphatic heterocycles. The topological polar surface area (TPSA) is 78.9 Å². The lowest BCUT2D eigenvalue weighted by molar-refractivity contribution is -0.167. The zero-order valence-electron chi connectivity index (χ0n) is 42.7. The molecule has 0 unspecified atom stereocenters. The van der Waals surface area contributed by atoms with E-state index in [1.165, 1.54) is 122 Å². The van der Waals surface area contributed by atoms with Crippen molar-refractivity contribution in [1.29, 1.82) is 0 Å². The number of carbonyl (C=O) groups is 3. The van der Waals surface area contributed by atoms with Crippen molar-refractivity contribution in [2.75, 3.05) is 13.2 Å². The van der Waals surface area contributed by atoms with E-state index in [0.29, 0.717) is 19.3 Å². The summed E-state index contributed by atoms with van der Waals surface area (Å²) < 4.78 is 16.8. The Morgan fingerprint density at radius 3 is 1.02 bits per heavy atom. The van der Waals surface area contributed by atoms with Crippen LogP contribution in [0.15, 0.2) is 72.9 Å². The van der Waals surface area contributed by atoms with Gasteiger partial charge in [-0.2, -0.15) is 0 Å². The first-order chi connectivity index (χ1) is 32.0. The largest absolute Gasteiger partial charge is 0.462 e. The maximum atomic E-state index is 12.8. The molecule has 1 atom stereocenters. The van der Waals surface area contributed by atoms with E-state index in [1.807, 2.05) is 0 Å². The predicted octanol–water partition coefficient (Wildman–Crippen LogP) is 18.2. The molecule has 0 bridgehead atoms. The standard InChI is InChI=1S/C59H102O6/c1-4-7-10-13-16-19-22-24-26-28-29-31-32-34-37-40-43-46-49-52-58(61)64-55-56(54-63-57(60)51-48-45-42-39-36-21-18-15-12-9-6-3)65-59(62)53-50-47-44-41-38-35-33-30-27-25-23-20-17-14-11-8-5-2/h7,10,15-16,18-19,24,26,29,31,34,37,56H,4-6,8-9,11-14,17,20-23,25,27-28,30,32-33,35-36,38-55H2,1-3H3/b10-7-,18-15-,19-16-,26-24-,31-29-,37-34-/t56-/m1/s1. The summed E-state index contributed by atoms with van der Waals surface area (Å²) in [5.41, 5.74) is 0. The van der Waals surface area contributed by atoms with Crippen LogP contribution >= 0.6 is 0 Å². The molecule has 0 aliphatic carbocycles. The molecule has 0 aromatic carbocycles. The number of rotatable bonds is 49. The van der Waals surface area contributed by atoms with Crippen molar-refractivity contribution in [3.63, 3.8) is 0 Å². The van der Waals surface area contributed by atoms with Crippen molar-refractivity contribution in [3.8, 4) is 0 Å². The van der Waals surface area contributed by atoms with Crippen LogP contribution in [0.1, 0.15) is 265 Å². The first-order valence-electron chi connectivity index (χ1n) is 27.4. The molecular weight excluding hydrogens is 805 g/mol. The molecule has 0 aliphatic rings. The van der Waals surface area contributed by atoms with Gasteiger partial charge in [0.25, 0.3) is 0 Å². The van der Waals surface area contributed by atoms with Crippen LogP contribution in [-0.2, 0) is 28.6 Å². The zero-order valence-corrected chi connectivity index (χ0v) is 42.7. The number of ether oxygens (including phenoxy) is 3. The summed E-state index contributed by atoms with van der Waals surface area (Å²) in [5.74, 6) is -0.924. The van der Waals surface area contributed by atoms with Crippen molar-refractivity contribution in [2.45, 2.75) is 271 Å². The summed E-state index contributed by atoms with van der Waals surface area (Å²) in [6.07, 6.45) is 67.5. The lowest BCUT2D eigenvalue weighted by Crippen LogP contribution is -2.30. The second kappa shape index (κ2) is 53.5. The molecule has 6 heteroatoms. The van der Waals surface area contributed by atoms with Crippen LogP contribution in [0.25, 0.3) is 0 Å². The molecule has 0 amide bonds. The second-order valence-corrected chi connectivity index (χ2v) is 18.1. The van der Waals surface area contributed by atoms with Crippen LogP contribution < -0.4 is 0 Å². The van der Waals surface area contributed by atoms with E-state index in [2.05, 4.69) is 93.7 Å². The average Bonchev–Trinajstić information content (AvgIpc) is 3.30. The summed E-state index contributed by atoms with van der Waals surface area (Å²) >= 11 is 0. The predicted molar refractivity (Wildman–Crippen MR) is 279 cm³/mol. The molecule has 0 spiro atoms. The molecule has 0 fully saturated rings. The minimum Gasteiger partial charge on any atom is -0.462 e. The monoisotopic (exact) mass is 907 g/mol. The van der Waals surface area contributed by atoms with E-state index in [-0.39, 0.29) is 31.1 Å². The fraction of sp³-hybridized carbons (Fsp3) is 0.746. The highest BCUT2D eigenvalue weighted by atomic mass is 16.6. The summed E-state index contributed by atoms with van der Waals surface area (Å²) in [4.78, 5) is 38.0. The normalized spacial score (nSPS) is 12.6. The van der Waals surface area contributed by atoms with Gasteiger partial charge in [-0.3, -0.25) is 14.4 Å². The molecule has 0 aromatic heterocycles. The summed E-state index contributed by atoms with van der Waals surface area (Å²) in [6.45, 7) is 6.47. The minimum atomic E-state index is -0.790. The maximum Gasteiger partial charge on any atom is 0.306 e. The molecule has 65 heavy (non-hydrogen) atoms. The molecule has 0 saturated heterocycles. The van der Waals surface area contributed by atoms with Crippen LogP contribution in [0.4, 0.5) is 0 Å². The smallest absolute Gasteiger partial charge is 0.306 e. The Morgan fingerprint density at radius 1 is 0.323 bits per heavy atom. The van der Waals surface area contributed by atoms with Gasteiger partial charge < -0.3 is 14.2 Å². The van der Waals surface area contributed by atoms with E-state index < -0.39 is 6.10 Å². The first-order valence-corrected chi connectivity index (χ1v) is 27.4. The van der Waals surface area contributed by atoms with Gasteiger partial charge in [0.05, 0.1) is 0 Å². The average molecular weight is 907 g/mol. The molecule has 0 radical (unpaired) electrons. The fourth-order valence-corrected chi connectivity index (χ4v) is 7.57. The van der Waals surface area contributed by atoms with Crippen LogP contribution in [-0.4, -0.2) is 37.2 Å². The molecule has 374 valence electrons. The number of unbranched alkanes of at least 4 members (excludes halogenated alkanes) is 26. The van der Waals surface area contributed by atoms with E-state index >= 15 is 0 Å². The van der Waals surface area contributed by atoms with Gasteiger partial charge in [-0.25, -0.2) is 0 Å². The van der Waals surface area contributed by atoms with Crippen molar-refractivity contribution < 1.29 is 28.6 Å². The Kier molecular flexibility index (Phi) is 50.9. The number of carbonyl (C=O) groups excluding carboxylic acids is 3. The zero-order chi connectivity index (χ0) is 47.2. The molecular formula is C59H102O6. The lowest BCUT2D eigenvalue weighted by Gasteiger charge is -2.18. The second-order valence-electron chi connectivity index (χ2n) is 18.1. The highest BCUT2D eigenvalue weighted by molar-refractivity contribution is 5.71. The quantitative estimate of drug-likeness (QED) is 0.0262. The van der Waals surface area contributed by atoms with Crippen LogP contribution in [0.5, 0.6) is 0 Å². The molecule has 0 rings (SSSR count). The van der Waals surface area contributed by atoms with E-state index in [1.54, 1.807) is 0 Å². The van der Waals surface area contributed by atoms with Crippen LogP contribution in [0.2, 0.25) is 0 Å². The SMILES string of the molecule is CC/C=C\C/C=C\C/C=C\C/C=C\C/C=C\CCCCCC(=O)OC[C@@H](COC(=O)CCCCCCC/C=C\CCCC)OC(=O)CCCCCCCCCCCCCCCCCCC. The Bertz CT molecular complexity index is 1230. The maximum absolute atomic E-state index is 12.8. The first kappa shape index (κ1) is 61.9. The van der Waals surface area contributed by atoms with Gasteiger partial charge in [0.15, 0.2) is 6.10 Å². The molecule has 0 heterocycles. The lowest BCUT2D eigenvalue weighted by atomic mass is 10.0. The van der Waals surface area contributed by atoms with Gasteiger partial charge in [0.2, 0.25) is 0 Å². The summed E-state index contributed by atoms with van der Waals surface area (Å²) in [5, 5.41) is 0. The number of hydrogen-bond donors (Lipinski definition) is 0. The van der Waals surface area contributed by atoms with Gasteiger partial charge in [-0.05, 0) is 83.5 Å². The summed E-state index contributed by atoms with van der Waals surface area (Å²) in [7, 11) is 0. The van der Waals surface area contributed by atoms with Gasteiger partial charge >= 0.3 is 17.9 Å². The van der Waals surface area contributed by atoms with E-state index in [9.17, 15) is 14.4 Å². The Morgan fingerprint density at radius 2 is 0.615 bits per heavy atom. The van der Waals surface area contributed by atoms with Crippen LogP contribution in [0, 0.1) is 0 Å². The molecule has 0 saturated carbocycles. The van der Waals surface area contributed by atoms with Crippen molar-refractivity contribution in [2.24, 2.45) is 0 Å². The van der Waals surface area contributed by atoms with E-state index in [4.69, 9.17) is 14.2 Å². The van der Waals surface area contributed by atoms with E-state index in [0.717, 1.165) is 103 Å².